The van der Waals surface area contributed by atoms with Gasteiger partial charge in [0, 0.05) is 24.5 Å². The number of aryl methyl sites for hydroxylation is 1. The van der Waals surface area contributed by atoms with Crippen molar-refractivity contribution in [2.75, 3.05) is 33.2 Å². The average molecular weight is 372 g/mol. The Bertz CT molecular complexity index is 700. The minimum atomic E-state index is 0.111. The van der Waals surface area contributed by atoms with Gasteiger partial charge < -0.3 is 5.32 Å². The Hall–Kier alpha value is -1.69. The minimum Gasteiger partial charge on any atom is -0.350 e. The Morgan fingerprint density at radius 2 is 2.12 bits per heavy atom. The molecular formula is C21H29N3OS. The summed E-state index contributed by atoms with van der Waals surface area (Å²) >= 11 is 1.70. The summed E-state index contributed by atoms with van der Waals surface area (Å²) in [6.07, 6.45) is 1.22. The number of hydrogen-bond donors (Lipinski definition) is 1. The first kappa shape index (κ1) is 19.1. The second-order valence-electron chi connectivity index (χ2n) is 7.38. The predicted octanol–water partition coefficient (Wildman–Crippen LogP) is 3.13. The molecular weight excluding hydrogens is 342 g/mol. The van der Waals surface area contributed by atoms with E-state index in [1.807, 2.05) is 0 Å². The first-order valence-corrected chi connectivity index (χ1v) is 10.2. The minimum absolute atomic E-state index is 0.111. The number of carbonyl (C=O) groups excluding carboxylic acids is 1. The molecule has 1 aliphatic heterocycles. The van der Waals surface area contributed by atoms with E-state index in [0.717, 1.165) is 26.2 Å². The molecule has 1 aliphatic rings. The topological polar surface area (TPSA) is 35.6 Å². The number of rotatable bonds is 8. The number of likely N-dealkylation sites (N-methyl/N-ethyl adjacent to an activating group) is 1. The van der Waals surface area contributed by atoms with Gasteiger partial charge >= 0.3 is 0 Å². The monoisotopic (exact) mass is 371 g/mol. The van der Waals surface area contributed by atoms with E-state index in [-0.39, 0.29) is 5.91 Å². The normalized spacial score (nSPS) is 17.7. The van der Waals surface area contributed by atoms with Crippen LogP contribution in [0.3, 0.4) is 0 Å². The van der Waals surface area contributed by atoms with Crippen molar-refractivity contribution in [1.29, 1.82) is 0 Å². The lowest BCUT2D eigenvalue weighted by Gasteiger charge is -2.21. The number of thiophene rings is 1. The smallest absolute Gasteiger partial charge is 0.234 e. The van der Waals surface area contributed by atoms with E-state index in [2.05, 4.69) is 70.9 Å². The Morgan fingerprint density at radius 1 is 1.31 bits per heavy atom. The van der Waals surface area contributed by atoms with Crippen molar-refractivity contribution in [1.82, 2.24) is 15.1 Å². The first-order chi connectivity index (χ1) is 12.6. The molecule has 1 saturated heterocycles. The molecule has 1 atom stereocenters. The highest BCUT2D eigenvalue weighted by Gasteiger charge is 2.24. The van der Waals surface area contributed by atoms with E-state index in [1.54, 1.807) is 11.3 Å². The van der Waals surface area contributed by atoms with Crippen LogP contribution < -0.4 is 5.32 Å². The van der Waals surface area contributed by atoms with Crippen LogP contribution in [0, 0.1) is 12.8 Å². The molecule has 0 bridgehead atoms. The second-order valence-corrected chi connectivity index (χ2v) is 8.38. The van der Waals surface area contributed by atoms with Crippen LogP contribution in [0.25, 0.3) is 0 Å². The zero-order valence-electron chi connectivity index (χ0n) is 15.8. The molecule has 2 heterocycles. The van der Waals surface area contributed by atoms with Crippen LogP contribution in [0.15, 0.2) is 41.8 Å². The van der Waals surface area contributed by atoms with Crippen LogP contribution in [0.5, 0.6) is 0 Å². The van der Waals surface area contributed by atoms with Gasteiger partial charge in [0.15, 0.2) is 0 Å². The van der Waals surface area contributed by atoms with Gasteiger partial charge in [-0.1, -0.05) is 30.3 Å². The predicted molar refractivity (Wildman–Crippen MR) is 108 cm³/mol. The number of benzene rings is 1. The van der Waals surface area contributed by atoms with Crippen molar-refractivity contribution in [3.05, 3.63) is 57.8 Å². The zero-order valence-corrected chi connectivity index (χ0v) is 16.6. The van der Waals surface area contributed by atoms with E-state index in [0.29, 0.717) is 19.0 Å². The lowest BCUT2D eigenvalue weighted by Crippen LogP contribution is -2.37. The van der Waals surface area contributed by atoms with Crippen molar-refractivity contribution in [3.63, 3.8) is 0 Å². The van der Waals surface area contributed by atoms with Gasteiger partial charge in [0.25, 0.3) is 0 Å². The fourth-order valence-corrected chi connectivity index (χ4v) is 4.46. The highest BCUT2D eigenvalue weighted by atomic mass is 32.1. The maximum Gasteiger partial charge on any atom is 0.234 e. The van der Waals surface area contributed by atoms with Gasteiger partial charge in [-0.2, -0.15) is 0 Å². The molecule has 0 aliphatic carbocycles. The van der Waals surface area contributed by atoms with Crippen LogP contribution in [0.2, 0.25) is 0 Å². The molecule has 26 heavy (non-hydrogen) atoms. The molecule has 1 aromatic carbocycles. The molecule has 4 nitrogen and oxygen atoms in total. The number of hydrogen-bond acceptors (Lipinski definition) is 4. The third-order valence-corrected chi connectivity index (χ3v) is 6.04. The van der Waals surface area contributed by atoms with Crippen LogP contribution in [-0.2, 0) is 17.9 Å². The van der Waals surface area contributed by atoms with Gasteiger partial charge in [-0.3, -0.25) is 14.6 Å². The summed E-state index contributed by atoms with van der Waals surface area (Å²) < 4.78 is 0. The summed E-state index contributed by atoms with van der Waals surface area (Å²) in [7, 11) is 2.05. The third kappa shape index (κ3) is 5.66. The third-order valence-electron chi connectivity index (χ3n) is 5.02. The Kier molecular flexibility index (Phi) is 6.83. The van der Waals surface area contributed by atoms with Crippen LogP contribution in [-0.4, -0.2) is 48.9 Å². The van der Waals surface area contributed by atoms with Gasteiger partial charge in [0.05, 0.1) is 13.1 Å². The van der Waals surface area contributed by atoms with Crippen molar-refractivity contribution < 1.29 is 4.79 Å². The maximum atomic E-state index is 12.2. The summed E-state index contributed by atoms with van der Waals surface area (Å²) in [5.74, 6) is 0.760. The zero-order chi connectivity index (χ0) is 18.4. The molecule has 0 spiro atoms. The lowest BCUT2D eigenvalue weighted by atomic mass is 10.1. The molecule has 0 saturated carbocycles. The summed E-state index contributed by atoms with van der Waals surface area (Å²) in [5.41, 5.74) is 2.64. The number of nitrogens with zero attached hydrogens (tertiary/aromatic N) is 2. The van der Waals surface area contributed by atoms with Crippen molar-refractivity contribution in [2.45, 2.75) is 26.4 Å². The number of nitrogens with one attached hydrogen (secondary N) is 1. The van der Waals surface area contributed by atoms with E-state index < -0.39 is 0 Å². The molecule has 0 radical (unpaired) electrons. The fourth-order valence-electron chi connectivity index (χ4n) is 3.62. The molecule has 1 fully saturated rings. The van der Waals surface area contributed by atoms with Crippen LogP contribution >= 0.6 is 11.3 Å². The molecule has 1 unspecified atom stereocenters. The van der Waals surface area contributed by atoms with Gasteiger partial charge in [0.2, 0.25) is 5.91 Å². The van der Waals surface area contributed by atoms with Crippen LogP contribution in [0.1, 0.15) is 22.4 Å². The molecule has 140 valence electrons. The Morgan fingerprint density at radius 3 is 2.85 bits per heavy atom. The summed E-state index contributed by atoms with van der Waals surface area (Å²) in [5, 5.41) is 5.12. The van der Waals surface area contributed by atoms with Gasteiger partial charge in [-0.15, -0.1) is 11.3 Å². The SMILES string of the molecule is Cc1ccsc1CNC(=O)CN(C)CC1CCN(Cc2ccccc2)C1. The van der Waals surface area contributed by atoms with Crippen molar-refractivity contribution in [3.8, 4) is 0 Å². The fraction of sp³-hybridized carbons (Fsp3) is 0.476. The van der Waals surface area contributed by atoms with Crippen molar-refractivity contribution in [2.24, 2.45) is 5.92 Å². The molecule has 1 aromatic heterocycles. The standard InChI is InChI=1S/C21H29N3OS/c1-17-9-11-26-20(17)12-22-21(25)16-23(2)13-19-8-10-24(15-19)14-18-6-4-3-5-7-18/h3-7,9,11,19H,8,10,12-16H2,1-2H3,(H,22,25). The van der Waals surface area contributed by atoms with Gasteiger partial charge in [-0.25, -0.2) is 0 Å². The molecule has 1 N–H and O–H groups in total. The Labute approximate surface area is 160 Å². The number of likely N-dealkylation sites (tertiary alicyclic amines) is 1. The van der Waals surface area contributed by atoms with Gasteiger partial charge in [-0.05, 0) is 55.4 Å². The largest absolute Gasteiger partial charge is 0.350 e. The van der Waals surface area contributed by atoms with E-state index >= 15 is 0 Å². The van der Waals surface area contributed by atoms with Gasteiger partial charge in [0.1, 0.15) is 0 Å². The molecule has 1 amide bonds. The first-order valence-electron chi connectivity index (χ1n) is 9.34. The van der Waals surface area contributed by atoms with E-state index in [1.165, 1.54) is 22.4 Å². The highest BCUT2D eigenvalue weighted by molar-refractivity contribution is 7.10. The number of amides is 1. The maximum absolute atomic E-state index is 12.2. The van der Waals surface area contributed by atoms with Crippen LogP contribution in [0.4, 0.5) is 0 Å². The van der Waals surface area contributed by atoms with Crippen molar-refractivity contribution >= 4 is 17.2 Å². The van der Waals surface area contributed by atoms with E-state index in [9.17, 15) is 4.79 Å². The molecule has 3 rings (SSSR count). The number of carbonyl (C=O) groups is 1. The average Bonchev–Trinajstić information content (AvgIpc) is 3.22. The molecule has 5 heteroatoms. The highest BCUT2D eigenvalue weighted by Crippen LogP contribution is 2.19. The van der Waals surface area contributed by atoms with E-state index in [4.69, 9.17) is 0 Å². The Balaban J connectivity index is 1.36. The quantitative estimate of drug-likeness (QED) is 0.774. The summed E-state index contributed by atoms with van der Waals surface area (Å²) in [6.45, 7) is 7.49. The molecule has 2 aromatic rings. The second kappa shape index (κ2) is 9.31. The summed E-state index contributed by atoms with van der Waals surface area (Å²) in [4.78, 5) is 18.1. The summed E-state index contributed by atoms with van der Waals surface area (Å²) in [6, 6.07) is 12.8. The lowest BCUT2D eigenvalue weighted by molar-refractivity contribution is -0.122.